The summed E-state index contributed by atoms with van der Waals surface area (Å²) in [6.07, 6.45) is 1.90. The molecule has 3 aromatic rings. The second-order valence-electron chi connectivity index (χ2n) is 8.17. The van der Waals surface area contributed by atoms with E-state index in [1.54, 1.807) is 12.3 Å². The monoisotopic (exact) mass is 430 g/mol. The number of nitrogens with one attached hydrogen (secondary N) is 3. The van der Waals surface area contributed by atoms with Crippen LogP contribution in [0.15, 0.2) is 53.5 Å². The summed E-state index contributed by atoms with van der Waals surface area (Å²) in [6, 6.07) is 13.2. The van der Waals surface area contributed by atoms with Crippen LogP contribution in [-0.2, 0) is 24.3 Å². The van der Waals surface area contributed by atoms with Crippen molar-refractivity contribution in [2.75, 3.05) is 12.4 Å². The van der Waals surface area contributed by atoms with Gasteiger partial charge in [-0.25, -0.2) is 4.79 Å². The lowest BCUT2D eigenvalue weighted by molar-refractivity contribution is -0.131. The molecule has 0 saturated carbocycles. The van der Waals surface area contributed by atoms with Crippen molar-refractivity contribution in [3.63, 3.8) is 0 Å². The van der Waals surface area contributed by atoms with Gasteiger partial charge in [-0.1, -0.05) is 36.4 Å². The molecule has 0 unspecified atom stereocenters. The predicted octanol–water partition coefficient (Wildman–Crippen LogP) is 3.49. The standard InChI is InChI=1S/C25H26N4O3/c1-15-7-20-13-29(14-21(20)8-16(15)2)23(30)10-17-5-4-6-18(9-17)19-11-22(24(31)27-12-19)28-25(32)26-3/h4-9,11-12H,10,13-14H2,1-3H3,(H,27,31)(H2,26,28,32). The maximum Gasteiger partial charge on any atom is 0.319 e. The van der Waals surface area contributed by atoms with Crippen molar-refractivity contribution in [1.82, 2.24) is 15.2 Å². The predicted molar refractivity (Wildman–Crippen MR) is 124 cm³/mol. The fourth-order valence-corrected chi connectivity index (χ4v) is 3.95. The van der Waals surface area contributed by atoms with Gasteiger partial charge in [0.2, 0.25) is 5.91 Å². The van der Waals surface area contributed by atoms with E-state index in [-0.39, 0.29) is 17.2 Å². The van der Waals surface area contributed by atoms with Crippen LogP contribution in [0.2, 0.25) is 0 Å². The van der Waals surface area contributed by atoms with Gasteiger partial charge in [0, 0.05) is 31.9 Å². The molecule has 7 nitrogen and oxygen atoms in total. The molecular weight excluding hydrogens is 404 g/mol. The summed E-state index contributed by atoms with van der Waals surface area (Å²) in [7, 11) is 1.48. The van der Waals surface area contributed by atoms with Crippen LogP contribution in [0.3, 0.4) is 0 Å². The Morgan fingerprint density at radius 3 is 2.34 bits per heavy atom. The van der Waals surface area contributed by atoms with Gasteiger partial charge in [0.1, 0.15) is 5.69 Å². The lowest BCUT2D eigenvalue weighted by Crippen LogP contribution is -2.27. The summed E-state index contributed by atoms with van der Waals surface area (Å²) in [4.78, 5) is 41.1. The Morgan fingerprint density at radius 1 is 1.00 bits per heavy atom. The molecule has 1 aromatic heterocycles. The quantitative estimate of drug-likeness (QED) is 0.591. The highest BCUT2D eigenvalue weighted by Gasteiger charge is 2.24. The van der Waals surface area contributed by atoms with Gasteiger partial charge >= 0.3 is 6.03 Å². The number of hydrogen-bond donors (Lipinski definition) is 3. The van der Waals surface area contributed by atoms with E-state index in [4.69, 9.17) is 0 Å². The summed E-state index contributed by atoms with van der Waals surface area (Å²) in [5, 5.41) is 4.94. The summed E-state index contributed by atoms with van der Waals surface area (Å²) in [6.45, 7) is 5.48. The van der Waals surface area contributed by atoms with Crippen molar-refractivity contribution in [3.05, 3.63) is 86.8 Å². The van der Waals surface area contributed by atoms with E-state index < -0.39 is 6.03 Å². The molecule has 7 heteroatoms. The van der Waals surface area contributed by atoms with Crippen molar-refractivity contribution in [2.24, 2.45) is 0 Å². The van der Waals surface area contributed by atoms with Crippen LogP contribution in [0.25, 0.3) is 11.1 Å². The Labute approximate surface area is 186 Å². The van der Waals surface area contributed by atoms with Gasteiger partial charge in [0.15, 0.2) is 0 Å². The highest BCUT2D eigenvalue weighted by atomic mass is 16.2. The Morgan fingerprint density at radius 2 is 1.69 bits per heavy atom. The Kier molecular flexibility index (Phi) is 5.81. The molecule has 0 fully saturated rings. The number of benzene rings is 2. The minimum Gasteiger partial charge on any atom is -0.341 e. The van der Waals surface area contributed by atoms with Crippen LogP contribution in [-0.4, -0.2) is 28.9 Å². The molecule has 4 rings (SSSR count). The summed E-state index contributed by atoms with van der Waals surface area (Å²) >= 11 is 0. The lowest BCUT2D eigenvalue weighted by atomic mass is 10.0. The van der Waals surface area contributed by atoms with Crippen LogP contribution in [0.1, 0.15) is 27.8 Å². The number of pyridine rings is 1. The summed E-state index contributed by atoms with van der Waals surface area (Å²) in [5.74, 6) is 0.0806. The van der Waals surface area contributed by atoms with E-state index in [1.165, 1.54) is 29.3 Å². The third-order valence-electron chi connectivity index (χ3n) is 5.89. The molecule has 0 atom stereocenters. The number of urea groups is 1. The van der Waals surface area contributed by atoms with Crippen LogP contribution < -0.4 is 16.2 Å². The first-order valence-electron chi connectivity index (χ1n) is 10.5. The molecule has 1 aliphatic rings. The largest absolute Gasteiger partial charge is 0.341 e. The summed E-state index contributed by atoms with van der Waals surface area (Å²) in [5.41, 5.74) is 7.19. The lowest BCUT2D eigenvalue weighted by Gasteiger charge is -2.16. The second kappa shape index (κ2) is 8.70. The van der Waals surface area contributed by atoms with Gasteiger partial charge in [-0.15, -0.1) is 0 Å². The number of aromatic amines is 1. The molecule has 3 amide bonds. The Hall–Kier alpha value is -3.87. The van der Waals surface area contributed by atoms with Gasteiger partial charge < -0.3 is 20.5 Å². The van der Waals surface area contributed by atoms with Gasteiger partial charge in [-0.05, 0) is 53.3 Å². The molecule has 1 aliphatic heterocycles. The first-order valence-corrected chi connectivity index (χ1v) is 10.5. The number of aromatic nitrogens is 1. The van der Waals surface area contributed by atoms with Crippen molar-refractivity contribution in [3.8, 4) is 11.1 Å². The highest BCUT2D eigenvalue weighted by Crippen LogP contribution is 2.27. The van der Waals surface area contributed by atoms with Crippen molar-refractivity contribution < 1.29 is 9.59 Å². The Bertz CT molecular complexity index is 1230. The average Bonchev–Trinajstić information content (AvgIpc) is 3.18. The van der Waals surface area contributed by atoms with E-state index in [2.05, 4.69) is 41.6 Å². The SMILES string of the molecule is CNC(=O)Nc1cc(-c2cccc(CC(=O)N3Cc4cc(C)c(C)cc4C3)c2)c[nH]c1=O. The zero-order chi connectivity index (χ0) is 22.8. The highest BCUT2D eigenvalue weighted by molar-refractivity contribution is 5.89. The molecule has 164 valence electrons. The number of hydrogen-bond acceptors (Lipinski definition) is 3. The number of anilines is 1. The molecule has 32 heavy (non-hydrogen) atoms. The maximum atomic E-state index is 13.0. The number of H-pyrrole nitrogens is 1. The third-order valence-corrected chi connectivity index (χ3v) is 5.89. The number of aryl methyl sites for hydroxylation is 2. The minimum absolute atomic E-state index is 0.0806. The first-order chi connectivity index (χ1) is 15.3. The van der Waals surface area contributed by atoms with Gasteiger partial charge in [0.25, 0.3) is 5.56 Å². The van der Waals surface area contributed by atoms with Crippen LogP contribution in [0.4, 0.5) is 10.5 Å². The van der Waals surface area contributed by atoms with E-state index in [0.29, 0.717) is 19.5 Å². The van der Waals surface area contributed by atoms with Crippen LogP contribution >= 0.6 is 0 Å². The topological polar surface area (TPSA) is 94.3 Å². The number of fused-ring (bicyclic) bond motifs is 1. The molecule has 2 heterocycles. The zero-order valence-electron chi connectivity index (χ0n) is 18.4. The van der Waals surface area contributed by atoms with Crippen molar-refractivity contribution in [1.29, 1.82) is 0 Å². The fourth-order valence-electron chi connectivity index (χ4n) is 3.95. The van der Waals surface area contributed by atoms with Crippen LogP contribution in [0.5, 0.6) is 0 Å². The smallest absolute Gasteiger partial charge is 0.319 e. The van der Waals surface area contributed by atoms with Crippen molar-refractivity contribution >= 4 is 17.6 Å². The summed E-state index contributed by atoms with van der Waals surface area (Å²) < 4.78 is 0. The van der Waals surface area contributed by atoms with Gasteiger partial charge in [-0.2, -0.15) is 0 Å². The Balaban J connectivity index is 1.50. The van der Waals surface area contributed by atoms with E-state index in [9.17, 15) is 14.4 Å². The zero-order valence-corrected chi connectivity index (χ0v) is 18.4. The molecule has 3 N–H and O–H groups in total. The molecule has 0 spiro atoms. The molecule has 0 radical (unpaired) electrons. The number of amides is 3. The van der Waals surface area contributed by atoms with Crippen LogP contribution in [0, 0.1) is 13.8 Å². The normalized spacial score (nSPS) is 12.4. The average molecular weight is 431 g/mol. The number of carbonyl (C=O) groups is 2. The first kappa shape index (κ1) is 21.4. The number of nitrogens with zero attached hydrogens (tertiary/aromatic N) is 1. The molecular formula is C25H26N4O3. The molecule has 0 bridgehead atoms. The fraction of sp³-hybridized carbons (Fsp3) is 0.240. The molecule has 0 saturated heterocycles. The number of rotatable bonds is 4. The van der Waals surface area contributed by atoms with E-state index in [0.717, 1.165) is 16.7 Å². The third kappa shape index (κ3) is 4.42. The molecule has 2 aromatic carbocycles. The van der Waals surface area contributed by atoms with Gasteiger partial charge in [0.05, 0.1) is 6.42 Å². The van der Waals surface area contributed by atoms with E-state index >= 15 is 0 Å². The van der Waals surface area contributed by atoms with Gasteiger partial charge in [-0.3, -0.25) is 9.59 Å². The molecule has 0 aliphatic carbocycles. The van der Waals surface area contributed by atoms with Crippen molar-refractivity contribution in [2.45, 2.75) is 33.4 Å². The second-order valence-corrected chi connectivity index (χ2v) is 8.17. The maximum absolute atomic E-state index is 13.0. The van der Waals surface area contributed by atoms with E-state index in [1.807, 2.05) is 29.2 Å². The number of carbonyl (C=O) groups excluding carboxylic acids is 2. The minimum atomic E-state index is -0.469.